The minimum atomic E-state index is -0.545. The Balaban J connectivity index is 2.37. The van der Waals surface area contributed by atoms with Gasteiger partial charge in [-0.25, -0.2) is 4.58 Å². The zero-order chi connectivity index (χ0) is 11.8. The third-order valence-corrected chi connectivity index (χ3v) is 3.06. The summed E-state index contributed by atoms with van der Waals surface area (Å²) < 4.78 is 12.5. The molecule has 0 aliphatic carbocycles. The third kappa shape index (κ3) is 4.60. The first-order valence-corrected chi connectivity index (χ1v) is 6.05. The number of aliphatic hydroxyl groups is 1. The van der Waals surface area contributed by atoms with Crippen LogP contribution in [0.25, 0.3) is 0 Å². The Bertz CT molecular complexity index is 210. The molecule has 0 aromatic rings. The molecule has 0 amide bonds. The lowest BCUT2D eigenvalue weighted by Crippen LogP contribution is -2.33. The molecular weight excluding hydrogens is 206 g/mol. The molecule has 2 atom stereocenters. The highest BCUT2D eigenvalue weighted by molar-refractivity contribution is 5.52. The maximum absolute atomic E-state index is 9.75. The largest absolute Gasteiger partial charge is 0.388 e. The quantitative estimate of drug-likeness (QED) is 0.682. The van der Waals surface area contributed by atoms with Crippen molar-refractivity contribution in [1.82, 2.24) is 0 Å². The van der Waals surface area contributed by atoms with E-state index in [9.17, 15) is 5.11 Å². The monoisotopic (exact) mass is 230 g/mol. The van der Waals surface area contributed by atoms with Crippen molar-refractivity contribution in [3.63, 3.8) is 0 Å². The summed E-state index contributed by atoms with van der Waals surface area (Å²) >= 11 is 0. The number of hydrogen-bond acceptors (Lipinski definition) is 3. The number of piperidine rings is 1. The summed E-state index contributed by atoms with van der Waals surface area (Å²) in [7, 11) is 3.22. The van der Waals surface area contributed by atoms with E-state index in [-0.39, 0.29) is 6.10 Å². The van der Waals surface area contributed by atoms with Gasteiger partial charge in [0.2, 0.25) is 0 Å². The molecule has 0 spiro atoms. The second-order valence-corrected chi connectivity index (χ2v) is 4.31. The van der Waals surface area contributed by atoms with Gasteiger partial charge in [-0.05, 0) is 6.42 Å². The second-order valence-electron chi connectivity index (χ2n) is 4.31. The fourth-order valence-corrected chi connectivity index (χ4v) is 2.04. The number of hydrogen-bond donors (Lipinski definition) is 1. The molecule has 94 valence electrons. The third-order valence-electron chi connectivity index (χ3n) is 3.06. The van der Waals surface area contributed by atoms with E-state index in [1.54, 1.807) is 14.2 Å². The Morgan fingerprint density at radius 1 is 1.25 bits per heavy atom. The highest BCUT2D eigenvalue weighted by Crippen LogP contribution is 2.06. The molecule has 1 fully saturated rings. The minimum absolute atomic E-state index is 0.165. The van der Waals surface area contributed by atoms with Gasteiger partial charge >= 0.3 is 0 Å². The van der Waals surface area contributed by atoms with Crippen LogP contribution in [0, 0.1) is 0 Å². The molecule has 0 aromatic carbocycles. The molecule has 4 nitrogen and oxygen atoms in total. The van der Waals surface area contributed by atoms with Crippen LogP contribution >= 0.6 is 0 Å². The van der Waals surface area contributed by atoms with E-state index in [4.69, 9.17) is 9.47 Å². The first kappa shape index (κ1) is 13.6. The van der Waals surface area contributed by atoms with E-state index in [0.29, 0.717) is 6.61 Å². The van der Waals surface area contributed by atoms with Gasteiger partial charge < -0.3 is 14.6 Å². The Morgan fingerprint density at radius 2 is 1.94 bits per heavy atom. The van der Waals surface area contributed by atoms with Crippen LogP contribution in [-0.4, -0.2) is 62.0 Å². The van der Waals surface area contributed by atoms with Crippen LogP contribution in [0.15, 0.2) is 0 Å². The molecule has 1 aliphatic rings. The fraction of sp³-hybridized carbons (Fsp3) is 0.917. The van der Waals surface area contributed by atoms with Crippen molar-refractivity contribution >= 4 is 6.21 Å². The Labute approximate surface area is 97.9 Å². The predicted molar refractivity (Wildman–Crippen MR) is 63.2 cm³/mol. The lowest BCUT2D eigenvalue weighted by molar-refractivity contribution is -0.534. The number of ether oxygens (including phenoxy) is 2. The summed E-state index contributed by atoms with van der Waals surface area (Å²) in [6.07, 6.45) is 6.08. The first-order chi connectivity index (χ1) is 7.77. The molecule has 1 N–H and O–H groups in total. The van der Waals surface area contributed by atoms with Gasteiger partial charge in [0.1, 0.15) is 25.4 Å². The van der Waals surface area contributed by atoms with E-state index in [1.165, 1.54) is 19.3 Å². The van der Waals surface area contributed by atoms with Gasteiger partial charge in [0.05, 0.1) is 19.1 Å². The van der Waals surface area contributed by atoms with Gasteiger partial charge in [0.15, 0.2) is 0 Å². The molecule has 0 unspecified atom stereocenters. The Morgan fingerprint density at radius 3 is 2.50 bits per heavy atom. The minimum Gasteiger partial charge on any atom is -0.388 e. The summed E-state index contributed by atoms with van der Waals surface area (Å²) in [5, 5.41) is 9.75. The van der Waals surface area contributed by atoms with Gasteiger partial charge in [-0.15, -0.1) is 0 Å². The number of methoxy groups -OCH3 is 2. The van der Waals surface area contributed by atoms with Crippen LogP contribution in [0.1, 0.15) is 25.7 Å². The van der Waals surface area contributed by atoms with Crippen molar-refractivity contribution in [3.8, 4) is 0 Å². The summed E-state index contributed by atoms with van der Waals surface area (Å²) in [6, 6.07) is 0. The molecule has 0 saturated carbocycles. The molecule has 0 aromatic heterocycles. The van der Waals surface area contributed by atoms with Crippen molar-refractivity contribution < 1.29 is 19.2 Å². The SMILES string of the molecule is COC[C@@H](O)[C@@H](CC=[N+]1CCCCC1)OC. The average Bonchev–Trinajstić information content (AvgIpc) is 2.31. The molecular formula is C12H24NO3+. The molecule has 1 aliphatic heterocycles. The van der Waals surface area contributed by atoms with Crippen molar-refractivity contribution in [2.24, 2.45) is 0 Å². The molecule has 1 heterocycles. The molecule has 4 heteroatoms. The van der Waals surface area contributed by atoms with Gasteiger partial charge in [-0.3, -0.25) is 0 Å². The summed E-state index contributed by atoms with van der Waals surface area (Å²) in [5.41, 5.74) is 0. The van der Waals surface area contributed by atoms with Gasteiger partial charge in [-0.1, -0.05) is 0 Å². The van der Waals surface area contributed by atoms with E-state index in [1.807, 2.05) is 0 Å². The Kier molecular flexibility index (Phi) is 6.61. The summed E-state index contributed by atoms with van der Waals surface area (Å²) in [6.45, 7) is 2.60. The van der Waals surface area contributed by atoms with Crippen LogP contribution in [0.3, 0.4) is 0 Å². The maximum Gasteiger partial charge on any atom is 0.142 e. The van der Waals surface area contributed by atoms with Gasteiger partial charge in [0.25, 0.3) is 0 Å². The van der Waals surface area contributed by atoms with E-state index < -0.39 is 6.10 Å². The number of rotatable bonds is 6. The van der Waals surface area contributed by atoms with Gasteiger partial charge in [-0.2, -0.15) is 0 Å². The van der Waals surface area contributed by atoms with E-state index in [0.717, 1.165) is 19.5 Å². The van der Waals surface area contributed by atoms with Crippen LogP contribution < -0.4 is 0 Å². The highest BCUT2D eigenvalue weighted by Gasteiger charge is 2.20. The Hall–Kier alpha value is -0.450. The van der Waals surface area contributed by atoms with Crippen LogP contribution in [0.4, 0.5) is 0 Å². The zero-order valence-electron chi connectivity index (χ0n) is 10.4. The first-order valence-electron chi connectivity index (χ1n) is 6.05. The zero-order valence-corrected chi connectivity index (χ0v) is 10.4. The normalized spacial score (nSPS) is 20.6. The number of aliphatic hydroxyl groups excluding tert-OH is 1. The highest BCUT2D eigenvalue weighted by atomic mass is 16.5. The molecule has 0 radical (unpaired) electrons. The lowest BCUT2D eigenvalue weighted by Gasteiger charge is -2.19. The lowest BCUT2D eigenvalue weighted by atomic mass is 10.1. The van der Waals surface area contributed by atoms with Gasteiger partial charge in [0, 0.05) is 27.1 Å². The van der Waals surface area contributed by atoms with Crippen molar-refractivity contribution in [1.29, 1.82) is 0 Å². The standard InChI is InChI=1S/C12H24NO3/c1-15-10-11(14)12(16-2)6-9-13-7-4-3-5-8-13/h9,11-12,14H,3-8,10H2,1-2H3/q+1/t11-,12-/m1/s1. The second kappa shape index (κ2) is 7.76. The predicted octanol–water partition coefficient (Wildman–Crippen LogP) is 0.666. The van der Waals surface area contributed by atoms with E-state index in [2.05, 4.69) is 10.8 Å². The maximum atomic E-state index is 9.75. The topological polar surface area (TPSA) is 41.7 Å². The van der Waals surface area contributed by atoms with Crippen molar-refractivity contribution in [2.75, 3.05) is 33.9 Å². The molecule has 16 heavy (non-hydrogen) atoms. The summed E-state index contributed by atoms with van der Waals surface area (Å²) in [5.74, 6) is 0. The van der Waals surface area contributed by atoms with Crippen LogP contribution in [0.2, 0.25) is 0 Å². The molecule has 1 rings (SSSR count). The fourth-order valence-electron chi connectivity index (χ4n) is 2.04. The van der Waals surface area contributed by atoms with E-state index >= 15 is 0 Å². The number of nitrogens with zero attached hydrogens (tertiary/aromatic N) is 1. The average molecular weight is 230 g/mol. The summed E-state index contributed by atoms with van der Waals surface area (Å²) in [4.78, 5) is 0. The van der Waals surface area contributed by atoms with Crippen LogP contribution in [-0.2, 0) is 9.47 Å². The van der Waals surface area contributed by atoms with Crippen LogP contribution in [0.5, 0.6) is 0 Å². The molecule has 1 saturated heterocycles. The molecule has 0 bridgehead atoms. The van der Waals surface area contributed by atoms with Crippen molar-refractivity contribution in [2.45, 2.75) is 37.9 Å². The smallest absolute Gasteiger partial charge is 0.142 e. The van der Waals surface area contributed by atoms with Crippen molar-refractivity contribution in [3.05, 3.63) is 0 Å².